The standard InChI is InChI=1S/C30H42N2O3/c1-23(2)25-12-13-27(34-4)26(19-25)20-32-17-15-30(16-18-32)14-8-7-10-24-9-5-6-11-28(24)35-21-29(33)31(3)22-30/h5-6,9,11-13,19,23H,7-8,10,14-18,20-22H2,1-4H3. The van der Waals surface area contributed by atoms with Gasteiger partial charge in [0.2, 0.25) is 0 Å². The van der Waals surface area contributed by atoms with Crippen molar-refractivity contribution in [3.8, 4) is 11.5 Å². The Morgan fingerprint density at radius 2 is 1.83 bits per heavy atom. The van der Waals surface area contributed by atoms with Gasteiger partial charge in [-0.3, -0.25) is 9.69 Å². The van der Waals surface area contributed by atoms with Crippen LogP contribution < -0.4 is 9.47 Å². The molecule has 2 aromatic carbocycles. The molecule has 1 spiro atoms. The molecule has 0 aromatic heterocycles. The fraction of sp³-hybridized carbons (Fsp3) is 0.567. The van der Waals surface area contributed by atoms with Gasteiger partial charge in [-0.25, -0.2) is 0 Å². The van der Waals surface area contributed by atoms with E-state index in [0.717, 1.165) is 63.4 Å². The third kappa shape index (κ3) is 6.38. The van der Waals surface area contributed by atoms with E-state index in [1.165, 1.54) is 29.5 Å². The highest BCUT2D eigenvalue weighted by Gasteiger charge is 2.36. The Hall–Kier alpha value is -2.53. The lowest BCUT2D eigenvalue weighted by atomic mass is 9.73. The van der Waals surface area contributed by atoms with Gasteiger partial charge < -0.3 is 14.4 Å². The van der Waals surface area contributed by atoms with Crippen molar-refractivity contribution in [1.82, 2.24) is 9.80 Å². The maximum atomic E-state index is 12.9. The van der Waals surface area contributed by atoms with Crippen molar-refractivity contribution in [1.29, 1.82) is 0 Å². The maximum Gasteiger partial charge on any atom is 0.260 e. The number of methoxy groups -OCH3 is 1. The fourth-order valence-electron chi connectivity index (χ4n) is 5.70. The molecule has 2 aliphatic rings. The largest absolute Gasteiger partial charge is 0.496 e. The highest BCUT2D eigenvalue weighted by atomic mass is 16.5. The van der Waals surface area contributed by atoms with E-state index in [4.69, 9.17) is 9.47 Å². The van der Waals surface area contributed by atoms with E-state index < -0.39 is 0 Å². The predicted molar refractivity (Wildman–Crippen MR) is 141 cm³/mol. The van der Waals surface area contributed by atoms with E-state index in [-0.39, 0.29) is 17.9 Å². The summed E-state index contributed by atoms with van der Waals surface area (Å²) in [7, 11) is 3.71. The number of amides is 1. The Kier molecular flexibility index (Phi) is 8.38. The van der Waals surface area contributed by atoms with Crippen LogP contribution in [0.3, 0.4) is 0 Å². The third-order valence-corrected chi connectivity index (χ3v) is 8.01. The Morgan fingerprint density at radius 1 is 1.06 bits per heavy atom. The second-order valence-corrected chi connectivity index (χ2v) is 10.9. The van der Waals surface area contributed by atoms with E-state index in [0.29, 0.717) is 5.92 Å². The highest BCUT2D eigenvalue weighted by molar-refractivity contribution is 5.77. The molecule has 0 atom stereocenters. The van der Waals surface area contributed by atoms with Crippen LogP contribution in [0.15, 0.2) is 42.5 Å². The van der Waals surface area contributed by atoms with Gasteiger partial charge in [0, 0.05) is 25.7 Å². The van der Waals surface area contributed by atoms with Crippen molar-refractivity contribution in [3.63, 3.8) is 0 Å². The summed E-state index contributed by atoms with van der Waals surface area (Å²) in [5, 5.41) is 0. The second kappa shape index (κ2) is 11.5. The second-order valence-electron chi connectivity index (χ2n) is 10.9. The van der Waals surface area contributed by atoms with Crippen molar-refractivity contribution in [3.05, 3.63) is 59.2 Å². The van der Waals surface area contributed by atoms with Gasteiger partial charge in [0.25, 0.3) is 5.91 Å². The van der Waals surface area contributed by atoms with Gasteiger partial charge in [-0.05, 0) is 79.8 Å². The molecule has 1 amide bonds. The van der Waals surface area contributed by atoms with Crippen LogP contribution in [0, 0.1) is 5.41 Å². The van der Waals surface area contributed by atoms with Gasteiger partial charge in [-0.1, -0.05) is 50.6 Å². The summed E-state index contributed by atoms with van der Waals surface area (Å²) >= 11 is 0. The first kappa shape index (κ1) is 25.6. The zero-order valence-corrected chi connectivity index (χ0v) is 22.0. The summed E-state index contributed by atoms with van der Waals surface area (Å²) in [4.78, 5) is 17.4. The predicted octanol–water partition coefficient (Wildman–Crippen LogP) is 5.66. The highest BCUT2D eigenvalue weighted by Crippen LogP contribution is 2.39. The Labute approximate surface area is 211 Å². The van der Waals surface area contributed by atoms with Crippen LogP contribution in [0.5, 0.6) is 11.5 Å². The first-order chi connectivity index (χ1) is 16.9. The van der Waals surface area contributed by atoms with Crippen LogP contribution in [0.25, 0.3) is 0 Å². The SMILES string of the molecule is COc1ccc(C(C)C)cc1CN1CCC2(CCCCc3ccccc3OCC(=O)N(C)C2)CC1. The van der Waals surface area contributed by atoms with Crippen LogP contribution in [0.4, 0.5) is 0 Å². The average Bonchev–Trinajstić information content (AvgIpc) is 2.86. The first-order valence-electron chi connectivity index (χ1n) is 13.2. The smallest absolute Gasteiger partial charge is 0.260 e. The lowest BCUT2D eigenvalue weighted by Gasteiger charge is -2.44. The number of aryl methyl sites for hydroxylation is 1. The molecule has 0 N–H and O–H groups in total. The number of carbonyl (C=O) groups excluding carboxylic acids is 1. The molecule has 0 aliphatic carbocycles. The van der Waals surface area contributed by atoms with E-state index in [2.05, 4.69) is 49.1 Å². The minimum Gasteiger partial charge on any atom is -0.496 e. The van der Waals surface area contributed by atoms with Crippen molar-refractivity contribution in [2.24, 2.45) is 5.41 Å². The van der Waals surface area contributed by atoms with E-state index in [9.17, 15) is 4.79 Å². The molecular formula is C30H42N2O3. The molecule has 35 heavy (non-hydrogen) atoms. The molecule has 0 saturated carbocycles. The zero-order valence-electron chi connectivity index (χ0n) is 22.0. The summed E-state index contributed by atoms with van der Waals surface area (Å²) in [6, 6.07) is 14.8. The molecule has 2 heterocycles. The zero-order chi connectivity index (χ0) is 24.8. The average molecular weight is 479 g/mol. The van der Waals surface area contributed by atoms with Crippen molar-refractivity contribution in [2.75, 3.05) is 40.4 Å². The van der Waals surface area contributed by atoms with Crippen LogP contribution in [0.1, 0.15) is 68.6 Å². The molecule has 1 saturated heterocycles. The van der Waals surface area contributed by atoms with Crippen molar-refractivity contribution >= 4 is 5.91 Å². The fourth-order valence-corrected chi connectivity index (χ4v) is 5.70. The number of para-hydroxylation sites is 1. The molecule has 4 rings (SSSR count). The number of rotatable bonds is 4. The van der Waals surface area contributed by atoms with Crippen molar-refractivity contribution in [2.45, 2.75) is 64.8 Å². The number of hydrogen-bond donors (Lipinski definition) is 0. The van der Waals surface area contributed by atoms with Gasteiger partial charge in [0.1, 0.15) is 11.5 Å². The van der Waals surface area contributed by atoms with Gasteiger partial charge in [-0.2, -0.15) is 0 Å². The Balaban J connectivity index is 1.43. The molecule has 5 heteroatoms. The number of carbonyl (C=O) groups is 1. The lowest BCUT2D eigenvalue weighted by molar-refractivity contribution is -0.134. The number of nitrogens with zero attached hydrogens (tertiary/aromatic N) is 2. The Bertz CT molecular complexity index is 995. The van der Waals surface area contributed by atoms with Crippen LogP contribution in [0.2, 0.25) is 0 Å². The van der Waals surface area contributed by atoms with Crippen molar-refractivity contribution < 1.29 is 14.3 Å². The minimum atomic E-state index is 0.0671. The molecule has 0 bridgehead atoms. The molecule has 2 aromatic rings. The van der Waals surface area contributed by atoms with Crippen LogP contribution in [-0.2, 0) is 17.8 Å². The van der Waals surface area contributed by atoms with Crippen LogP contribution in [-0.4, -0.2) is 56.1 Å². The molecule has 190 valence electrons. The van der Waals surface area contributed by atoms with Gasteiger partial charge in [0.15, 0.2) is 6.61 Å². The summed E-state index contributed by atoms with van der Waals surface area (Å²) in [5.74, 6) is 2.41. The quantitative estimate of drug-likeness (QED) is 0.568. The summed E-state index contributed by atoms with van der Waals surface area (Å²) < 4.78 is 11.6. The maximum absolute atomic E-state index is 12.9. The normalized spacial score (nSPS) is 19.6. The first-order valence-corrected chi connectivity index (χ1v) is 13.2. The molecule has 0 radical (unpaired) electrons. The van der Waals surface area contributed by atoms with E-state index in [1.54, 1.807) is 7.11 Å². The number of piperidine rings is 1. The molecular weight excluding hydrogens is 436 g/mol. The van der Waals surface area contributed by atoms with Gasteiger partial charge >= 0.3 is 0 Å². The summed E-state index contributed by atoms with van der Waals surface area (Å²) in [5.41, 5.74) is 4.03. The number of likely N-dealkylation sites (tertiary alicyclic amines) is 1. The number of fused-ring (bicyclic) bond motifs is 1. The third-order valence-electron chi connectivity index (χ3n) is 8.01. The minimum absolute atomic E-state index is 0.0671. The number of ether oxygens (including phenoxy) is 2. The number of hydrogen-bond acceptors (Lipinski definition) is 4. The lowest BCUT2D eigenvalue weighted by Crippen LogP contribution is -2.47. The monoisotopic (exact) mass is 478 g/mol. The van der Waals surface area contributed by atoms with E-state index in [1.807, 2.05) is 24.1 Å². The number of benzene rings is 2. The summed E-state index contributed by atoms with van der Waals surface area (Å²) in [6.07, 6.45) is 6.76. The molecule has 1 fully saturated rings. The van der Waals surface area contributed by atoms with Crippen LogP contribution >= 0.6 is 0 Å². The summed E-state index contributed by atoms with van der Waals surface area (Å²) in [6.45, 7) is 8.42. The topological polar surface area (TPSA) is 42.0 Å². The number of likely N-dealkylation sites (N-methyl/N-ethyl adjacent to an activating group) is 1. The molecule has 0 unspecified atom stereocenters. The molecule has 2 aliphatic heterocycles. The van der Waals surface area contributed by atoms with Gasteiger partial charge in [-0.15, -0.1) is 0 Å². The van der Waals surface area contributed by atoms with E-state index >= 15 is 0 Å². The molecule has 5 nitrogen and oxygen atoms in total. The van der Waals surface area contributed by atoms with Gasteiger partial charge in [0.05, 0.1) is 7.11 Å². The Morgan fingerprint density at radius 3 is 2.57 bits per heavy atom.